The maximum Gasteiger partial charge on any atom is 0.300 e. The van der Waals surface area contributed by atoms with Crippen LogP contribution in [0.15, 0.2) is 0 Å². The van der Waals surface area contributed by atoms with E-state index in [4.69, 9.17) is 20.1 Å². The first-order valence-electron chi connectivity index (χ1n) is 2.94. The van der Waals surface area contributed by atoms with Gasteiger partial charge in [0.15, 0.2) is 5.79 Å². The van der Waals surface area contributed by atoms with Gasteiger partial charge in [0.2, 0.25) is 0 Å². The summed E-state index contributed by atoms with van der Waals surface area (Å²) in [5.41, 5.74) is 0. The second-order valence-corrected chi connectivity index (χ2v) is 2.09. The van der Waals surface area contributed by atoms with E-state index in [1.54, 1.807) is 6.92 Å². The summed E-state index contributed by atoms with van der Waals surface area (Å²) < 4.78 is 0. The minimum Gasteiger partial charge on any atom is -0.481 e. The van der Waals surface area contributed by atoms with Gasteiger partial charge in [0.1, 0.15) is 0 Å². The minimum absolute atomic E-state index is 0.382. The van der Waals surface area contributed by atoms with Gasteiger partial charge in [-0.25, -0.2) is 0 Å². The predicted octanol–water partition coefficient (Wildman–Crippen LogP) is 0.188. The highest BCUT2D eigenvalue weighted by Gasteiger charge is 2.08. The van der Waals surface area contributed by atoms with Crippen molar-refractivity contribution >= 4 is 5.97 Å². The fraction of sp³-hybridized carbons (Fsp3) is 0.833. The Bertz CT molecular complexity index is 88.4. The molecule has 0 unspecified atom stereocenters. The van der Waals surface area contributed by atoms with Crippen molar-refractivity contribution in [2.45, 2.75) is 33.0 Å². The van der Waals surface area contributed by atoms with Crippen molar-refractivity contribution in [2.75, 3.05) is 0 Å². The van der Waals surface area contributed by atoms with Gasteiger partial charge in [-0.2, -0.15) is 0 Å². The summed E-state index contributed by atoms with van der Waals surface area (Å²) in [4.78, 5) is 9.00. The zero-order valence-electron chi connectivity index (χ0n) is 6.46. The zero-order chi connectivity index (χ0) is 8.78. The molecule has 10 heavy (non-hydrogen) atoms. The molecule has 0 spiro atoms. The van der Waals surface area contributed by atoms with E-state index in [2.05, 4.69) is 0 Å². The first-order valence-corrected chi connectivity index (χ1v) is 2.94. The minimum atomic E-state index is -1.46. The molecule has 0 atom stereocenters. The van der Waals surface area contributed by atoms with Crippen LogP contribution >= 0.6 is 0 Å². The molecule has 3 N–H and O–H groups in total. The van der Waals surface area contributed by atoms with E-state index in [0.717, 1.165) is 6.92 Å². The summed E-state index contributed by atoms with van der Waals surface area (Å²) in [5.74, 6) is -2.29. The highest BCUT2D eigenvalue weighted by atomic mass is 16.5. The van der Waals surface area contributed by atoms with Gasteiger partial charge in [-0.3, -0.25) is 4.79 Å². The van der Waals surface area contributed by atoms with Crippen molar-refractivity contribution in [3.63, 3.8) is 0 Å². The molecule has 0 radical (unpaired) electrons. The maximum atomic E-state index is 9.00. The lowest BCUT2D eigenvalue weighted by atomic mass is 10.3. The first-order chi connectivity index (χ1) is 4.29. The highest BCUT2D eigenvalue weighted by Crippen LogP contribution is 1.99. The van der Waals surface area contributed by atoms with Gasteiger partial charge in [0.25, 0.3) is 5.97 Å². The SMILES string of the molecule is CC(=O)O.CCC(C)(O)O. The van der Waals surface area contributed by atoms with Crippen LogP contribution in [0.3, 0.4) is 0 Å². The summed E-state index contributed by atoms with van der Waals surface area (Å²) in [7, 11) is 0. The number of hydrogen-bond donors (Lipinski definition) is 3. The standard InChI is InChI=1S/C4H10O2.C2H4O2/c1-3-4(2,5)6;1-2(3)4/h5-6H,3H2,1-2H3;1H3,(H,3,4). The van der Waals surface area contributed by atoms with E-state index >= 15 is 0 Å². The first kappa shape index (κ1) is 12.1. The van der Waals surface area contributed by atoms with Crippen LogP contribution < -0.4 is 0 Å². The third kappa shape index (κ3) is 52.8. The Balaban J connectivity index is 0. The number of hydrogen-bond acceptors (Lipinski definition) is 3. The molecular weight excluding hydrogens is 136 g/mol. The molecule has 4 nitrogen and oxygen atoms in total. The Morgan fingerprint density at radius 3 is 1.60 bits per heavy atom. The number of carboxylic acids is 1. The van der Waals surface area contributed by atoms with E-state index in [1.165, 1.54) is 6.92 Å². The van der Waals surface area contributed by atoms with Crippen LogP contribution in [0.25, 0.3) is 0 Å². The molecule has 0 saturated heterocycles. The molecule has 0 aromatic carbocycles. The molecule has 4 heteroatoms. The molecule has 62 valence electrons. The van der Waals surface area contributed by atoms with Crippen molar-refractivity contribution in [3.05, 3.63) is 0 Å². The van der Waals surface area contributed by atoms with Crippen molar-refractivity contribution in [1.82, 2.24) is 0 Å². The van der Waals surface area contributed by atoms with Crippen LogP contribution in [-0.4, -0.2) is 27.1 Å². The van der Waals surface area contributed by atoms with Crippen LogP contribution in [0.1, 0.15) is 27.2 Å². The molecular formula is C6H14O4. The molecule has 0 saturated carbocycles. The van der Waals surface area contributed by atoms with Crippen LogP contribution in [0.2, 0.25) is 0 Å². The van der Waals surface area contributed by atoms with E-state index < -0.39 is 11.8 Å². The Morgan fingerprint density at radius 2 is 1.60 bits per heavy atom. The zero-order valence-corrected chi connectivity index (χ0v) is 6.46. The monoisotopic (exact) mass is 150 g/mol. The van der Waals surface area contributed by atoms with Crippen molar-refractivity contribution in [2.24, 2.45) is 0 Å². The lowest BCUT2D eigenvalue weighted by molar-refractivity contribution is -0.145. The lowest BCUT2D eigenvalue weighted by Gasteiger charge is -2.10. The quantitative estimate of drug-likeness (QED) is 0.466. The Morgan fingerprint density at radius 1 is 1.50 bits per heavy atom. The van der Waals surface area contributed by atoms with Crippen molar-refractivity contribution < 1.29 is 20.1 Å². The lowest BCUT2D eigenvalue weighted by Crippen LogP contribution is -2.20. The third-order valence-corrected chi connectivity index (χ3v) is 0.670. The molecule has 0 amide bonds. The summed E-state index contributed by atoms with van der Waals surface area (Å²) >= 11 is 0. The highest BCUT2D eigenvalue weighted by molar-refractivity contribution is 5.62. The van der Waals surface area contributed by atoms with E-state index in [0.29, 0.717) is 6.42 Å². The molecule has 0 fully saturated rings. The van der Waals surface area contributed by atoms with Crippen LogP contribution in [0.5, 0.6) is 0 Å². The van der Waals surface area contributed by atoms with Crippen molar-refractivity contribution in [3.8, 4) is 0 Å². The van der Waals surface area contributed by atoms with Gasteiger partial charge in [-0.1, -0.05) is 6.92 Å². The number of rotatable bonds is 1. The molecule has 0 aliphatic carbocycles. The largest absolute Gasteiger partial charge is 0.481 e. The number of aliphatic carboxylic acids is 1. The van der Waals surface area contributed by atoms with Gasteiger partial charge in [0, 0.05) is 6.92 Å². The number of carboxylic acid groups (broad SMARTS) is 1. The summed E-state index contributed by atoms with van der Waals surface area (Å²) in [5, 5.41) is 24.2. The maximum absolute atomic E-state index is 9.00. The Kier molecular flexibility index (Phi) is 6.29. The topological polar surface area (TPSA) is 77.8 Å². The second kappa shape index (κ2) is 5.20. The van der Waals surface area contributed by atoms with Gasteiger partial charge in [-0.15, -0.1) is 0 Å². The smallest absolute Gasteiger partial charge is 0.300 e. The summed E-state index contributed by atoms with van der Waals surface area (Å²) in [6.07, 6.45) is 0.382. The fourth-order valence-corrected chi connectivity index (χ4v) is 0. The fourth-order valence-electron chi connectivity index (χ4n) is 0. The van der Waals surface area contributed by atoms with Crippen LogP contribution in [-0.2, 0) is 4.79 Å². The Labute approximate surface area is 60.1 Å². The average molecular weight is 150 g/mol. The van der Waals surface area contributed by atoms with E-state index in [-0.39, 0.29) is 0 Å². The molecule has 0 aromatic heterocycles. The van der Waals surface area contributed by atoms with E-state index in [1.807, 2.05) is 0 Å². The average Bonchev–Trinajstić information content (AvgIpc) is 1.63. The third-order valence-electron chi connectivity index (χ3n) is 0.670. The normalized spacial score (nSPS) is 9.70. The molecule has 0 heterocycles. The van der Waals surface area contributed by atoms with Crippen LogP contribution in [0.4, 0.5) is 0 Å². The van der Waals surface area contributed by atoms with E-state index in [9.17, 15) is 0 Å². The molecule has 0 aliphatic rings. The molecule has 0 rings (SSSR count). The molecule has 0 bridgehead atoms. The summed E-state index contributed by atoms with van der Waals surface area (Å²) in [6, 6.07) is 0. The van der Waals surface area contributed by atoms with Gasteiger partial charge >= 0.3 is 0 Å². The van der Waals surface area contributed by atoms with Gasteiger partial charge < -0.3 is 15.3 Å². The predicted molar refractivity (Wildman–Crippen MR) is 36.4 cm³/mol. The second-order valence-electron chi connectivity index (χ2n) is 2.09. The van der Waals surface area contributed by atoms with Crippen LogP contribution in [0, 0.1) is 0 Å². The van der Waals surface area contributed by atoms with Gasteiger partial charge in [-0.05, 0) is 13.3 Å². The summed E-state index contributed by atoms with van der Waals surface area (Å²) in [6.45, 7) is 4.15. The Hall–Kier alpha value is -0.610. The molecule has 0 aliphatic heterocycles. The van der Waals surface area contributed by atoms with Gasteiger partial charge in [0.05, 0.1) is 0 Å². The number of carbonyl (C=O) groups is 1. The number of aliphatic hydroxyl groups is 2. The molecule has 0 aromatic rings. The van der Waals surface area contributed by atoms with Crippen molar-refractivity contribution in [1.29, 1.82) is 0 Å².